The van der Waals surface area contributed by atoms with Crippen molar-refractivity contribution in [1.29, 1.82) is 0 Å². The predicted octanol–water partition coefficient (Wildman–Crippen LogP) is 21.8. The molecule has 17 nitrogen and oxygen atoms in total. The van der Waals surface area contributed by atoms with Crippen LogP contribution in [-0.2, 0) is 65.4 Å². The highest BCUT2D eigenvalue weighted by atomic mass is 31.2. The number of aliphatic hydroxyl groups is 1. The molecular formula is C75H146O17P2. The molecule has 0 radical (unpaired) electrons. The molecule has 0 spiro atoms. The number of phosphoric acid groups is 2. The van der Waals surface area contributed by atoms with Crippen LogP contribution in [0.2, 0.25) is 0 Å². The Hall–Kier alpha value is -1.94. The number of rotatable bonds is 73. The minimum Gasteiger partial charge on any atom is -0.462 e. The molecule has 6 atom stereocenters. The Morgan fingerprint density at radius 3 is 0.809 bits per heavy atom. The average Bonchev–Trinajstić information content (AvgIpc) is 1.50. The molecule has 0 aliphatic carbocycles. The molecule has 0 aromatic rings. The summed E-state index contributed by atoms with van der Waals surface area (Å²) in [5, 5.41) is 10.6. The lowest BCUT2D eigenvalue weighted by Gasteiger charge is -2.21. The third-order valence-corrected chi connectivity index (χ3v) is 19.6. The topological polar surface area (TPSA) is 237 Å². The van der Waals surface area contributed by atoms with Gasteiger partial charge in [-0.3, -0.25) is 37.3 Å². The highest BCUT2D eigenvalue weighted by Crippen LogP contribution is 2.45. The molecule has 0 saturated carbocycles. The van der Waals surface area contributed by atoms with Crippen molar-refractivity contribution in [3.63, 3.8) is 0 Å². The molecule has 19 heteroatoms. The first-order valence-corrected chi connectivity index (χ1v) is 41.9. The maximum absolute atomic E-state index is 13.1. The zero-order valence-electron chi connectivity index (χ0n) is 61.4. The zero-order valence-corrected chi connectivity index (χ0v) is 63.2. The van der Waals surface area contributed by atoms with E-state index in [4.69, 9.17) is 37.0 Å². The van der Waals surface area contributed by atoms with E-state index in [2.05, 4.69) is 48.5 Å². The molecule has 3 N–H and O–H groups in total. The van der Waals surface area contributed by atoms with Crippen LogP contribution in [0.15, 0.2) is 0 Å². The monoisotopic (exact) mass is 1380 g/mol. The van der Waals surface area contributed by atoms with E-state index in [1.54, 1.807) is 0 Å². The van der Waals surface area contributed by atoms with Crippen LogP contribution in [0.25, 0.3) is 0 Å². The highest BCUT2D eigenvalue weighted by Gasteiger charge is 2.30. The number of phosphoric ester groups is 2. The number of carbonyl (C=O) groups is 4. The summed E-state index contributed by atoms with van der Waals surface area (Å²) in [6, 6.07) is 0. The van der Waals surface area contributed by atoms with E-state index < -0.39 is 97.5 Å². The van der Waals surface area contributed by atoms with Crippen LogP contribution in [0.1, 0.15) is 382 Å². The van der Waals surface area contributed by atoms with Gasteiger partial charge < -0.3 is 33.8 Å². The quantitative estimate of drug-likeness (QED) is 0.0222. The SMILES string of the molecule is CCCCCCCCCCCCCC(=O)O[C@H](COC(=O)CCCCCCCCC(C)CC)COP(=O)(O)OC[C@H](O)COP(=O)(O)OC[C@@H](COC(=O)CCCCCCCCCCCCCCCC(C)C)OC(=O)CCCCCCCCCCCCCCCCC(C)C. The molecule has 0 aromatic heterocycles. The van der Waals surface area contributed by atoms with Gasteiger partial charge in [0.1, 0.15) is 19.3 Å². The first-order chi connectivity index (χ1) is 45.3. The van der Waals surface area contributed by atoms with E-state index in [-0.39, 0.29) is 25.7 Å². The maximum atomic E-state index is 13.1. The molecule has 0 amide bonds. The third-order valence-electron chi connectivity index (χ3n) is 17.7. The van der Waals surface area contributed by atoms with Gasteiger partial charge in [0.15, 0.2) is 12.2 Å². The summed E-state index contributed by atoms with van der Waals surface area (Å²) in [5.74, 6) is 0.198. The fourth-order valence-electron chi connectivity index (χ4n) is 11.4. The third kappa shape index (κ3) is 67.3. The van der Waals surface area contributed by atoms with Gasteiger partial charge >= 0.3 is 39.5 Å². The Bertz CT molecular complexity index is 1840. The lowest BCUT2D eigenvalue weighted by Crippen LogP contribution is -2.30. The van der Waals surface area contributed by atoms with Gasteiger partial charge in [0, 0.05) is 25.7 Å². The van der Waals surface area contributed by atoms with Crippen LogP contribution < -0.4 is 0 Å². The molecule has 0 aliphatic heterocycles. The molecule has 558 valence electrons. The smallest absolute Gasteiger partial charge is 0.462 e. The van der Waals surface area contributed by atoms with Crippen LogP contribution in [0.5, 0.6) is 0 Å². The van der Waals surface area contributed by atoms with Gasteiger partial charge in [-0.15, -0.1) is 0 Å². The largest absolute Gasteiger partial charge is 0.472 e. The van der Waals surface area contributed by atoms with Crippen molar-refractivity contribution in [3.8, 4) is 0 Å². The van der Waals surface area contributed by atoms with Crippen LogP contribution in [0.3, 0.4) is 0 Å². The number of ether oxygens (including phenoxy) is 4. The van der Waals surface area contributed by atoms with E-state index in [1.807, 2.05) is 0 Å². The zero-order chi connectivity index (χ0) is 69.4. The van der Waals surface area contributed by atoms with Crippen molar-refractivity contribution < 1.29 is 80.2 Å². The van der Waals surface area contributed by atoms with Gasteiger partial charge in [0.25, 0.3) is 0 Å². The first-order valence-electron chi connectivity index (χ1n) is 38.9. The second-order valence-electron chi connectivity index (χ2n) is 28.2. The molecule has 0 saturated heterocycles. The fourth-order valence-corrected chi connectivity index (χ4v) is 13.0. The number of hydrogen-bond acceptors (Lipinski definition) is 15. The van der Waals surface area contributed by atoms with Crippen LogP contribution in [0, 0.1) is 17.8 Å². The second kappa shape index (κ2) is 65.7. The minimum absolute atomic E-state index is 0.106. The van der Waals surface area contributed by atoms with Crippen LogP contribution >= 0.6 is 15.6 Å². The van der Waals surface area contributed by atoms with Crippen LogP contribution in [0.4, 0.5) is 0 Å². The van der Waals surface area contributed by atoms with Crippen molar-refractivity contribution in [2.75, 3.05) is 39.6 Å². The number of carbonyl (C=O) groups excluding carboxylic acids is 4. The summed E-state index contributed by atoms with van der Waals surface area (Å²) in [7, 11) is -9.91. The Morgan fingerprint density at radius 2 is 0.543 bits per heavy atom. The summed E-state index contributed by atoms with van der Waals surface area (Å²) in [4.78, 5) is 72.7. The number of unbranched alkanes of at least 4 members (excludes halogenated alkanes) is 40. The Kier molecular flexibility index (Phi) is 64.3. The number of esters is 4. The Morgan fingerprint density at radius 1 is 0.309 bits per heavy atom. The first kappa shape index (κ1) is 92.1. The van der Waals surface area contributed by atoms with E-state index >= 15 is 0 Å². The summed E-state index contributed by atoms with van der Waals surface area (Å²) in [6.45, 7) is 11.9. The number of hydrogen-bond donors (Lipinski definition) is 3. The molecule has 0 rings (SSSR count). The van der Waals surface area contributed by atoms with E-state index in [9.17, 15) is 43.2 Å². The molecule has 0 bridgehead atoms. The summed E-state index contributed by atoms with van der Waals surface area (Å²) < 4.78 is 68.5. The van der Waals surface area contributed by atoms with Gasteiger partial charge in [-0.05, 0) is 43.4 Å². The van der Waals surface area contributed by atoms with E-state index in [0.717, 1.165) is 114 Å². The molecular weight excluding hydrogens is 1230 g/mol. The molecule has 0 aromatic carbocycles. The van der Waals surface area contributed by atoms with Crippen molar-refractivity contribution in [2.24, 2.45) is 17.8 Å². The lowest BCUT2D eigenvalue weighted by molar-refractivity contribution is -0.161. The predicted molar refractivity (Wildman–Crippen MR) is 381 cm³/mol. The van der Waals surface area contributed by atoms with E-state index in [0.29, 0.717) is 25.7 Å². The van der Waals surface area contributed by atoms with Gasteiger partial charge in [0.05, 0.1) is 26.4 Å². The maximum Gasteiger partial charge on any atom is 0.472 e. The standard InChI is InChI=1S/C75H146O17P2/c1-8-10-11-12-13-14-22-30-35-44-51-58-74(79)92-71(63-86-73(78)57-50-43-38-37-41-48-55-68(7)9-2)65-90-94(83,84)88-61-69(76)60-87-93(81,82)89-64-70(62-85-72(77)56-49-42-34-29-25-21-17-19-24-28-33-40-47-54-67(5)6)91-75(80)59-52-45-36-31-26-20-16-15-18-23-27-32-39-46-53-66(3)4/h66-71,76H,8-65H2,1-7H3,(H,81,82)(H,83,84)/t68?,69-,70-,71-/m1/s1. The summed E-state index contributed by atoms with van der Waals surface area (Å²) in [5.41, 5.74) is 0. The van der Waals surface area contributed by atoms with E-state index in [1.165, 1.54) is 186 Å². The molecule has 0 fully saturated rings. The van der Waals surface area contributed by atoms with Crippen molar-refractivity contribution in [1.82, 2.24) is 0 Å². The van der Waals surface area contributed by atoms with Crippen molar-refractivity contribution in [3.05, 3.63) is 0 Å². The van der Waals surface area contributed by atoms with Crippen molar-refractivity contribution >= 4 is 39.5 Å². The van der Waals surface area contributed by atoms with Gasteiger partial charge in [-0.25, -0.2) is 9.13 Å². The normalized spacial score (nSPS) is 14.4. The lowest BCUT2D eigenvalue weighted by atomic mass is 10.00. The number of aliphatic hydroxyl groups excluding tert-OH is 1. The fraction of sp³-hybridized carbons (Fsp3) is 0.947. The molecule has 0 aliphatic rings. The van der Waals surface area contributed by atoms with Gasteiger partial charge in [-0.1, -0.05) is 331 Å². The highest BCUT2D eigenvalue weighted by molar-refractivity contribution is 7.47. The Labute approximate surface area is 575 Å². The van der Waals surface area contributed by atoms with Gasteiger partial charge in [-0.2, -0.15) is 0 Å². The Balaban J connectivity index is 5.24. The summed E-state index contributed by atoms with van der Waals surface area (Å²) in [6.07, 6.45) is 51.3. The average molecular weight is 1380 g/mol. The summed E-state index contributed by atoms with van der Waals surface area (Å²) >= 11 is 0. The van der Waals surface area contributed by atoms with Crippen molar-refractivity contribution in [2.45, 2.75) is 401 Å². The minimum atomic E-state index is -4.96. The second-order valence-corrected chi connectivity index (χ2v) is 31.1. The molecule has 0 heterocycles. The van der Waals surface area contributed by atoms with Crippen LogP contribution in [-0.4, -0.2) is 96.7 Å². The molecule has 3 unspecified atom stereocenters. The van der Waals surface area contributed by atoms with Gasteiger partial charge in [0.2, 0.25) is 0 Å². The molecule has 94 heavy (non-hydrogen) atoms.